The van der Waals surface area contributed by atoms with E-state index in [-0.39, 0.29) is 0 Å². The van der Waals surface area contributed by atoms with Crippen molar-refractivity contribution in [2.45, 2.75) is 25.5 Å². The van der Waals surface area contributed by atoms with Gasteiger partial charge in [0.1, 0.15) is 0 Å². The Morgan fingerprint density at radius 2 is 2.17 bits per heavy atom. The van der Waals surface area contributed by atoms with E-state index in [1.54, 1.807) is 30.7 Å². The van der Waals surface area contributed by atoms with Crippen LogP contribution in [0.2, 0.25) is 10.0 Å². The summed E-state index contributed by atoms with van der Waals surface area (Å²) in [5, 5.41) is 11.2. The molecule has 1 heterocycles. The van der Waals surface area contributed by atoms with Crippen molar-refractivity contribution < 1.29 is 5.11 Å². The smallest absolute Gasteiger partial charge is 0.0945 e. The first kappa shape index (κ1) is 13.4. The van der Waals surface area contributed by atoms with E-state index in [2.05, 4.69) is 4.98 Å². The van der Waals surface area contributed by atoms with Crippen molar-refractivity contribution in [3.8, 4) is 0 Å². The molecule has 0 fully saturated rings. The third kappa shape index (κ3) is 3.48. The summed E-state index contributed by atoms with van der Waals surface area (Å²) in [4.78, 5) is 3.97. The molecule has 0 bridgehead atoms. The minimum absolute atomic E-state index is 0.512. The quantitative estimate of drug-likeness (QED) is 0.909. The van der Waals surface area contributed by atoms with E-state index in [9.17, 15) is 5.11 Å². The number of rotatable bonds is 5. The lowest BCUT2D eigenvalue weighted by molar-refractivity contribution is 0.162. The van der Waals surface area contributed by atoms with Crippen LogP contribution in [0.15, 0.2) is 36.9 Å². The summed E-state index contributed by atoms with van der Waals surface area (Å²) in [5.41, 5.74) is 0.728. The van der Waals surface area contributed by atoms with Crippen molar-refractivity contribution >= 4 is 23.2 Å². The summed E-state index contributed by atoms with van der Waals surface area (Å²) < 4.78 is 1.98. The highest BCUT2D eigenvalue weighted by Crippen LogP contribution is 2.28. The van der Waals surface area contributed by atoms with E-state index < -0.39 is 6.10 Å². The van der Waals surface area contributed by atoms with Crippen LogP contribution in [0.4, 0.5) is 0 Å². The van der Waals surface area contributed by atoms with Crippen molar-refractivity contribution in [1.82, 2.24) is 9.55 Å². The van der Waals surface area contributed by atoms with Gasteiger partial charge in [-0.3, -0.25) is 0 Å². The standard InChI is InChI=1S/C13H14Cl2N2O/c14-10-3-4-11(12(15)8-10)13(18)2-1-6-17-7-5-16-9-17/h3-5,7-9,13,18H,1-2,6H2. The van der Waals surface area contributed by atoms with E-state index >= 15 is 0 Å². The van der Waals surface area contributed by atoms with E-state index in [0.717, 1.165) is 18.5 Å². The molecule has 0 aliphatic heterocycles. The Kier molecular flexibility index (Phi) is 4.64. The molecule has 0 saturated heterocycles. The number of hydrogen-bond donors (Lipinski definition) is 1. The second-order valence-electron chi connectivity index (χ2n) is 4.12. The average Bonchev–Trinajstić information content (AvgIpc) is 2.81. The zero-order valence-corrected chi connectivity index (χ0v) is 11.3. The molecule has 1 aromatic heterocycles. The summed E-state index contributed by atoms with van der Waals surface area (Å²) in [6, 6.07) is 5.16. The molecule has 1 unspecified atom stereocenters. The number of aliphatic hydroxyl groups excluding tert-OH is 1. The molecule has 1 atom stereocenters. The van der Waals surface area contributed by atoms with Gasteiger partial charge < -0.3 is 9.67 Å². The number of halogens is 2. The van der Waals surface area contributed by atoms with Crippen molar-refractivity contribution in [2.24, 2.45) is 0 Å². The predicted octanol–water partition coefficient (Wildman–Crippen LogP) is 3.70. The van der Waals surface area contributed by atoms with Crippen LogP contribution in [0.25, 0.3) is 0 Å². The molecule has 0 radical (unpaired) electrons. The largest absolute Gasteiger partial charge is 0.388 e. The van der Waals surface area contributed by atoms with Crippen molar-refractivity contribution in [1.29, 1.82) is 0 Å². The van der Waals surface area contributed by atoms with Crippen LogP contribution in [0.1, 0.15) is 24.5 Å². The molecule has 1 N–H and O–H groups in total. The molecule has 2 aromatic rings. The lowest BCUT2D eigenvalue weighted by Gasteiger charge is -2.13. The fraction of sp³-hybridized carbons (Fsp3) is 0.308. The minimum Gasteiger partial charge on any atom is -0.388 e. The lowest BCUT2D eigenvalue weighted by atomic mass is 10.0. The highest BCUT2D eigenvalue weighted by Gasteiger charge is 2.11. The van der Waals surface area contributed by atoms with Gasteiger partial charge in [-0.05, 0) is 30.5 Å². The highest BCUT2D eigenvalue weighted by atomic mass is 35.5. The fourth-order valence-corrected chi connectivity index (χ4v) is 2.35. The summed E-state index contributed by atoms with van der Waals surface area (Å²) in [6.07, 6.45) is 6.37. The second kappa shape index (κ2) is 6.23. The van der Waals surface area contributed by atoms with Gasteiger partial charge in [-0.2, -0.15) is 0 Å². The van der Waals surface area contributed by atoms with Gasteiger partial charge in [-0.15, -0.1) is 0 Å². The van der Waals surface area contributed by atoms with Crippen molar-refractivity contribution in [3.63, 3.8) is 0 Å². The maximum absolute atomic E-state index is 10.1. The maximum atomic E-state index is 10.1. The van der Waals surface area contributed by atoms with Gasteiger partial charge in [-0.1, -0.05) is 29.3 Å². The first-order chi connectivity index (χ1) is 8.66. The third-order valence-corrected chi connectivity index (χ3v) is 3.34. The Balaban J connectivity index is 1.89. The van der Waals surface area contributed by atoms with Crippen molar-refractivity contribution in [2.75, 3.05) is 0 Å². The van der Waals surface area contributed by atoms with Gasteiger partial charge in [0.25, 0.3) is 0 Å². The van der Waals surface area contributed by atoms with Gasteiger partial charge >= 0.3 is 0 Å². The van der Waals surface area contributed by atoms with Crippen LogP contribution < -0.4 is 0 Å². The zero-order chi connectivity index (χ0) is 13.0. The topological polar surface area (TPSA) is 38.0 Å². The van der Waals surface area contributed by atoms with Gasteiger partial charge in [0.05, 0.1) is 12.4 Å². The molecule has 18 heavy (non-hydrogen) atoms. The number of hydrogen-bond acceptors (Lipinski definition) is 2. The summed E-state index contributed by atoms with van der Waals surface area (Å²) in [7, 11) is 0. The van der Waals surface area contributed by atoms with Crippen LogP contribution in [0.3, 0.4) is 0 Å². The van der Waals surface area contributed by atoms with E-state index in [0.29, 0.717) is 16.5 Å². The third-order valence-electron chi connectivity index (χ3n) is 2.77. The molecule has 96 valence electrons. The molecule has 3 nitrogen and oxygen atoms in total. The van der Waals surface area contributed by atoms with Crippen molar-refractivity contribution in [3.05, 3.63) is 52.5 Å². The van der Waals surface area contributed by atoms with Crippen LogP contribution in [0, 0.1) is 0 Å². The monoisotopic (exact) mass is 284 g/mol. The normalized spacial score (nSPS) is 12.6. The summed E-state index contributed by atoms with van der Waals surface area (Å²) >= 11 is 11.9. The SMILES string of the molecule is OC(CCCn1ccnc1)c1ccc(Cl)cc1Cl. The van der Waals surface area contributed by atoms with Gasteiger partial charge in [0.15, 0.2) is 0 Å². The molecule has 0 aliphatic carbocycles. The number of benzene rings is 1. The average molecular weight is 285 g/mol. The molecule has 5 heteroatoms. The molecule has 2 rings (SSSR count). The van der Waals surface area contributed by atoms with Crippen LogP contribution in [-0.2, 0) is 6.54 Å². The number of aliphatic hydroxyl groups is 1. The van der Waals surface area contributed by atoms with E-state index in [1.807, 2.05) is 10.8 Å². The highest BCUT2D eigenvalue weighted by molar-refractivity contribution is 6.35. The molecule has 0 amide bonds. The Morgan fingerprint density at radius 3 is 2.83 bits per heavy atom. The number of aromatic nitrogens is 2. The maximum Gasteiger partial charge on any atom is 0.0945 e. The molecular weight excluding hydrogens is 271 g/mol. The van der Waals surface area contributed by atoms with Gasteiger partial charge in [-0.25, -0.2) is 4.98 Å². The molecule has 1 aromatic carbocycles. The number of nitrogens with zero attached hydrogens (tertiary/aromatic N) is 2. The Morgan fingerprint density at radius 1 is 1.33 bits per heavy atom. The Labute approximate surface area is 116 Å². The molecular formula is C13H14Cl2N2O. The van der Waals surface area contributed by atoms with Gasteiger partial charge in [0, 0.05) is 29.0 Å². The molecule has 0 spiro atoms. The van der Waals surface area contributed by atoms with Gasteiger partial charge in [0.2, 0.25) is 0 Å². The molecule has 0 aliphatic rings. The van der Waals surface area contributed by atoms with Crippen LogP contribution in [-0.4, -0.2) is 14.7 Å². The summed E-state index contributed by atoms with van der Waals surface area (Å²) in [6.45, 7) is 0.836. The lowest BCUT2D eigenvalue weighted by Crippen LogP contribution is -2.01. The first-order valence-electron chi connectivity index (χ1n) is 5.75. The predicted molar refractivity (Wildman–Crippen MR) is 72.9 cm³/mol. The van der Waals surface area contributed by atoms with E-state index in [1.165, 1.54) is 0 Å². The Hall–Kier alpha value is -1.03. The first-order valence-corrected chi connectivity index (χ1v) is 6.51. The number of aryl methyl sites for hydroxylation is 1. The fourth-order valence-electron chi connectivity index (χ4n) is 1.81. The molecule has 0 saturated carbocycles. The van der Waals surface area contributed by atoms with E-state index in [4.69, 9.17) is 23.2 Å². The zero-order valence-electron chi connectivity index (χ0n) is 9.76. The minimum atomic E-state index is -0.557. The summed E-state index contributed by atoms with van der Waals surface area (Å²) in [5.74, 6) is 0. The Bertz CT molecular complexity index is 500. The second-order valence-corrected chi connectivity index (χ2v) is 4.97. The van der Waals surface area contributed by atoms with Crippen LogP contribution >= 0.6 is 23.2 Å². The number of imidazole rings is 1. The van der Waals surface area contributed by atoms with Crippen LogP contribution in [0.5, 0.6) is 0 Å².